The molecule has 0 aliphatic heterocycles. The maximum atomic E-state index is 9.72. The fraction of sp³-hybridized carbons (Fsp3) is 0.625. The minimum absolute atomic E-state index is 0.102. The third kappa shape index (κ3) is 3.05. The number of rotatable bonds is 4. The van der Waals surface area contributed by atoms with Crippen molar-refractivity contribution in [3.63, 3.8) is 0 Å². The molecule has 2 aliphatic rings. The Morgan fingerprint density at radius 1 is 1.06 bits per heavy atom. The topological polar surface area (TPSA) is 29.5 Å². The molecule has 2 heteroatoms. The van der Waals surface area contributed by atoms with Gasteiger partial charge >= 0.3 is 0 Å². The minimum atomic E-state index is -0.102. The first-order valence-corrected chi connectivity index (χ1v) is 7.22. The van der Waals surface area contributed by atoms with Crippen LogP contribution in [0.15, 0.2) is 24.3 Å². The Morgan fingerprint density at radius 2 is 1.83 bits per heavy atom. The van der Waals surface area contributed by atoms with E-state index in [2.05, 4.69) is 24.3 Å². The molecule has 1 N–H and O–H groups in total. The van der Waals surface area contributed by atoms with Gasteiger partial charge in [0, 0.05) is 0 Å². The minimum Gasteiger partial charge on any atom is -0.493 e. The summed E-state index contributed by atoms with van der Waals surface area (Å²) in [5.41, 5.74) is 1.35. The molecule has 18 heavy (non-hydrogen) atoms. The van der Waals surface area contributed by atoms with Gasteiger partial charge < -0.3 is 9.84 Å². The highest BCUT2D eigenvalue weighted by Crippen LogP contribution is 2.34. The Morgan fingerprint density at radius 3 is 2.50 bits per heavy atom. The number of hydrogen-bond acceptors (Lipinski definition) is 2. The van der Waals surface area contributed by atoms with Gasteiger partial charge in [-0.2, -0.15) is 0 Å². The normalized spacial score (nSPS) is 28.1. The average molecular weight is 246 g/mol. The molecular weight excluding hydrogens is 224 g/mol. The summed E-state index contributed by atoms with van der Waals surface area (Å²) in [5, 5.41) is 9.72. The van der Waals surface area contributed by atoms with Gasteiger partial charge in [-0.1, -0.05) is 18.6 Å². The maximum Gasteiger partial charge on any atom is 0.119 e. The lowest BCUT2D eigenvalue weighted by molar-refractivity contribution is 0.119. The van der Waals surface area contributed by atoms with Crippen LogP contribution in [0.1, 0.15) is 50.0 Å². The van der Waals surface area contributed by atoms with Crippen molar-refractivity contribution in [3.05, 3.63) is 29.8 Å². The summed E-state index contributed by atoms with van der Waals surface area (Å²) in [6.07, 6.45) is 6.80. The molecule has 0 aromatic heterocycles. The largest absolute Gasteiger partial charge is 0.493 e. The van der Waals surface area contributed by atoms with Crippen LogP contribution in [0.3, 0.4) is 0 Å². The molecule has 98 valence electrons. The van der Waals surface area contributed by atoms with E-state index in [4.69, 9.17) is 4.74 Å². The van der Waals surface area contributed by atoms with E-state index >= 15 is 0 Å². The van der Waals surface area contributed by atoms with Gasteiger partial charge in [0.15, 0.2) is 0 Å². The Hall–Kier alpha value is -1.02. The zero-order valence-electron chi connectivity index (χ0n) is 10.8. The van der Waals surface area contributed by atoms with E-state index in [1.54, 1.807) is 0 Å². The monoisotopic (exact) mass is 246 g/mol. The molecular formula is C16H22O2. The molecule has 0 saturated heterocycles. The molecule has 2 aliphatic carbocycles. The molecule has 0 spiro atoms. The molecule has 2 fully saturated rings. The van der Waals surface area contributed by atoms with Crippen molar-refractivity contribution in [3.8, 4) is 5.75 Å². The molecule has 0 radical (unpaired) electrons. The fourth-order valence-corrected chi connectivity index (χ4v) is 2.80. The standard InChI is InChI=1S/C16H22O2/c17-15-3-1-2-14(10-15)13-6-8-16(9-7-13)18-11-12-4-5-12/h6-9,12,14-15,17H,1-5,10-11H2. The number of benzene rings is 1. The van der Waals surface area contributed by atoms with Gasteiger partial charge in [-0.3, -0.25) is 0 Å². The van der Waals surface area contributed by atoms with E-state index in [1.165, 1.54) is 24.8 Å². The second kappa shape index (κ2) is 5.31. The van der Waals surface area contributed by atoms with Crippen molar-refractivity contribution >= 4 is 0 Å². The maximum absolute atomic E-state index is 9.72. The summed E-state index contributed by atoms with van der Waals surface area (Å²) in [5.74, 6) is 2.33. The molecule has 2 saturated carbocycles. The second-order valence-electron chi connectivity index (χ2n) is 5.84. The van der Waals surface area contributed by atoms with Gasteiger partial charge in [0.25, 0.3) is 0 Å². The number of aliphatic hydroxyl groups excluding tert-OH is 1. The van der Waals surface area contributed by atoms with Gasteiger partial charge in [-0.25, -0.2) is 0 Å². The Labute approximate surface area is 109 Å². The smallest absolute Gasteiger partial charge is 0.119 e. The van der Waals surface area contributed by atoms with E-state index in [-0.39, 0.29) is 6.10 Å². The van der Waals surface area contributed by atoms with E-state index < -0.39 is 0 Å². The quantitative estimate of drug-likeness (QED) is 0.881. The predicted octanol–water partition coefficient (Wildman–Crippen LogP) is 3.49. The molecule has 1 aromatic carbocycles. The van der Waals surface area contributed by atoms with E-state index in [0.717, 1.165) is 37.5 Å². The van der Waals surface area contributed by atoms with Crippen molar-refractivity contribution in [1.29, 1.82) is 0 Å². The molecule has 2 nitrogen and oxygen atoms in total. The van der Waals surface area contributed by atoms with Gasteiger partial charge in [0.05, 0.1) is 12.7 Å². The van der Waals surface area contributed by atoms with E-state index in [1.807, 2.05) is 0 Å². The van der Waals surface area contributed by atoms with Crippen LogP contribution in [-0.2, 0) is 0 Å². The van der Waals surface area contributed by atoms with Crippen molar-refractivity contribution < 1.29 is 9.84 Å². The summed E-state index contributed by atoms with van der Waals surface area (Å²) in [6, 6.07) is 8.51. The Balaban J connectivity index is 1.58. The highest BCUT2D eigenvalue weighted by Gasteiger charge is 2.23. The Kier molecular flexibility index (Phi) is 3.55. The average Bonchev–Trinajstić information content (AvgIpc) is 3.21. The van der Waals surface area contributed by atoms with Crippen LogP contribution in [-0.4, -0.2) is 17.8 Å². The number of hydrogen-bond donors (Lipinski definition) is 1. The molecule has 3 rings (SSSR count). The molecule has 2 unspecified atom stereocenters. The lowest BCUT2D eigenvalue weighted by atomic mass is 9.82. The molecule has 1 aromatic rings. The van der Waals surface area contributed by atoms with Crippen molar-refractivity contribution in [1.82, 2.24) is 0 Å². The first-order chi connectivity index (χ1) is 8.81. The van der Waals surface area contributed by atoms with Gasteiger partial charge in [0.1, 0.15) is 5.75 Å². The van der Waals surface area contributed by atoms with Gasteiger partial charge in [-0.15, -0.1) is 0 Å². The zero-order valence-corrected chi connectivity index (χ0v) is 10.8. The second-order valence-corrected chi connectivity index (χ2v) is 5.84. The molecule has 0 bridgehead atoms. The zero-order chi connectivity index (χ0) is 12.4. The van der Waals surface area contributed by atoms with Crippen LogP contribution in [0.2, 0.25) is 0 Å². The molecule has 2 atom stereocenters. The van der Waals surface area contributed by atoms with E-state index in [9.17, 15) is 5.11 Å². The fourth-order valence-electron chi connectivity index (χ4n) is 2.80. The summed E-state index contributed by atoms with van der Waals surface area (Å²) >= 11 is 0. The first kappa shape index (κ1) is 12.0. The summed E-state index contributed by atoms with van der Waals surface area (Å²) < 4.78 is 5.74. The van der Waals surface area contributed by atoms with Crippen molar-refractivity contribution in [2.24, 2.45) is 5.92 Å². The van der Waals surface area contributed by atoms with Gasteiger partial charge in [0.2, 0.25) is 0 Å². The van der Waals surface area contributed by atoms with Crippen LogP contribution in [0, 0.1) is 5.92 Å². The van der Waals surface area contributed by atoms with Crippen LogP contribution in [0.25, 0.3) is 0 Å². The van der Waals surface area contributed by atoms with Crippen LogP contribution < -0.4 is 4.74 Å². The van der Waals surface area contributed by atoms with Crippen molar-refractivity contribution in [2.45, 2.75) is 50.5 Å². The third-order valence-corrected chi connectivity index (χ3v) is 4.18. The highest BCUT2D eigenvalue weighted by atomic mass is 16.5. The van der Waals surface area contributed by atoms with Crippen LogP contribution >= 0.6 is 0 Å². The number of ether oxygens (including phenoxy) is 1. The van der Waals surface area contributed by atoms with Crippen LogP contribution in [0.5, 0.6) is 5.75 Å². The lowest BCUT2D eigenvalue weighted by Gasteiger charge is -2.26. The predicted molar refractivity (Wildman–Crippen MR) is 71.9 cm³/mol. The molecule has 0 amide bonds. The molecule has 0 heterocycles. The van der Waals surface area contributed by atoms with Crippen LogP contribution in [0.4, 0.5) is 0 Å². The SMILES string of the molecule is OC1CCCC(c2ccc(OCC3CC3)cc2)C1. The summed E-state index contributed by atoms with van der Waals surface area (Å²) in [4.78, 5) is 0. The highest BCUT2D eigenvalue weighted by molar-refractivity contribution is 5.29. The number of aliphatic hydroxyl groups is 1. The van der Waals surface area contributed by atoms with Gasteiger partial charge in [-0.05, 0) is 61.6 Å². The lowest BCUT2D eigenvalue weighted by Crippen LogP contribution is -2.18. The summed E-state index contributed by atoms with van der Waals surface area (Å²) in [6.45, 7) is 0.876. The first-order valence-electron chi connectivity index (χ1n) is 7.22. The van der Waals surface area contributed by atoms with Crippen molar-refractivity contribution in [2.75, 3.05) is 6.61 Å². The Bertz CT molecular complexity index is 381. The third-order valence-electron chi connectivity index (χ3n) is 4.18. The van der Waals surface area contributed by atoms with E-state index in [0.29, 0.717) is 5.92 Å². The summed E-state index contributed by atoms with van der Waals surface area (Å²) in [7, 11) is 0.